The van der Waals surface area contributed by atoms with Gasteiger partial charge in [0.05, 0.1) is 5.56 Å². The molecule has 47 heavy (non-hydrogen) atoms. The molecule has 7 aromatic carbocycles. The van der Waals surface area contributed by atoms with Gasteiger partial charge in [0.1, 0.15) is 11.2 Å². The second kappa shape index (κ2) is 11.2. The van der Waals surface area contributed by atoms with Crippen molar-refractivity contribution >= 4 is 32.7 Å². The second-order valence-corrected chi connectivity index (χ2v) is 11.6. The van der Waals surface area contributed by atoms with Crippen molar-refractivity contribution in [3.05, 3.63) is 164 Å². The average Bonchev–Trinajstić information content (AvgIpc) is 3.55. The number of benzene rings is 7. The largest absolute Gasteiger partial charge is 0.455 e. The molecule has 0 saturated carbocycles. The smallest absolute Gasteiger partial charge is 0.167 e. The van der Waals surface area contributed by atoms with E-state index in [-0.39, 0.29) is 0 Å². The number of nitrogens with zero attached hydrogens (tertiary/aromatic N) is 3. The van der Waals surface area contributed by atoms with E-state index in [2.05, 4.69) is 91.0 Å². The maximum absolute atomic E-state index is 6.63. The Morgan fingerprint density at radius 1 is 0.340 bits per heavy atom. The van der Waals surface area contributed by atoms with Gasteiger partial charge in [0.25, 0.3) is 0 Å². The lowest BCUT2D eigenvalue weighted by Gasteiger charge is -2.09. The van der Waals surface area contributed by atoms with Gasteiger partial charge in [-0.05, 0) is 45.2 Å². The van der Waals surface area contributed by atoms with E-state index < -0.39 is 0 Å². The van der Waals surface area contributed by atoms with Crippen molar-refractivity contribution in [3.63, 3.8) is 0 Å². The molecule has 4 nitrogen and oxygen atoms in total. The number of furan rings is 1. The molecular weight excluding hydrogens is 574 g/mol. The predicted molar refractivity (Wildman–Crippen MR) is 192 cm³/mol. The van der Waals surface area contributed by atoms with Crippen LogP contribution >= 0.6 is 0 Å². The number of para-hydroxylation sites is 1. The fourth-order valence-corrected chi connectivity index (χ4v) is 6.50. The number of aromatic nitrogens is 3. The second-order valence-electron chi connectivity index (χ2n) is 11.6. The van der Waals surface area contributed by atoms with Gasteiger partial charge in [-0.1, -0.05) is 152 Å². The summed E-state index contributed by atoms with van der Waals surface area (Å²) in [5.41, 5.74) is 8.93. The molecule has 0 bridgehead atoms. The molecule has 0 atom stereocenters. The molecule has 0 fully saturated rings. The first-order valence-electron chi connectivity index (χ1n) is 15.7. The van der Waals surface area contributed by atoms with Crippen molar-refractivity contribution in [3.8, 4) is 56.4 Å². The molecule has 0 N–H and O–H groups in total. The van der Waals surface area contributed by atoms with Gasteiger partial charge in [0.15, 0.2) is 17.5 Å². The van der Waals surface area contributed by atoms with Crippen molar-refractivity contribution in [1.29, 1.82) is 0 Å². The molecule has 9 rings (SSSR count). The molecule has 2 aromatic heterocycles. The van der Waals surface area contributed by atoms with Crippen molar-refractivity contribution in [1.82, 2.24) is 15.0 Å². The third kappa shape index (κ3) is 4.75. The van der Waals surface area contributed by atoms with Gasteiger partial charge in [-0.2, -0.15) is 0 Å². The molecule has 2 heterocycles. The third-order valence-corrected chi connectivity index (χ3v) is 8.76. The fourth-order valence-electron chi connectivity index (χ4n) is 6.50. The molecule has 0 saturated heterocycles. The molecule has 4 heteroatoms. The maximum atomic E-state index is 6.63. The van der Waals surface area contributed by atoms with Crippen LogP contribution in [-0.2, 0) is 0 Å². The zero-order valence-corrected chi connectivity index (χ0v) is 25.3. The summed E-state index contributed by atoms with van der Waals surface area (Å²) in [5.74, 6) is 1.81. The lowest BCUT2D eigenvalue weighted by atomic mass is 9.94. The van der Waals surface area contributed by atoms with Crippen LogP contribution in [0, 0.1) is 0 Å². The summed E-state index contributed by atoms with van der Waals surface area (Å²) in [6.45, 7) is 0. The molecule has 0 aliphatic rings. The van der Waals surface area contributed by atoms with Crippen LogP contribution in [0.5, 0.6) is 0 Å². The molecule has 0 aliphatic carbocycles. The van der Waals surface area contributed by atoms with Crippen LogP contribution in [0.4, 0.5) is 0 Å². The van der Waals surface area contributed by atoms with Gasteiger partial charge < -0.3 is 4.42 Å². The summed E-state index contributed by atoms with van der Waals surface area (Å²) in [5, 5.41) is 4.59. The summed E-state index contributed by atoms with van der Waals surface area (Å²) in [7, 11) is 0. The van der Waals surface area contributed by atoms with E-state index >= 15 is 0 Å². The Bertz CT molecular complexity index is 2490. The first kappa shape index (κ1) is 27.0. The number of rotatable bonds is 5. The first-order chi connectivity index (χ1) is 23.3. The molecule has 0 amide bonds. The van der Waals surface area contributed by atoms with Crippen molar-refractivity contribution < 1.29 is 4.42 Å². The minimum absolute atomic E-state index is 0.573. The van der Waals surface area contributed by atoms with E-state index in [1.54, 1.807) is 0 Å². The average molecular weight is 602 g/mol. The minimum Gasteiger partial charge on any atom is -0.455 e. The Morgan fingerprint density at radius 2 is 0.851 bits per heavy atom. The van der Waals surface area contributed by atoms with E-state index in [0.29, 0.717) is 17.5 Å². The monoisotopic (exact) mass is 601 g/mol. The Kier molecular flexibility index (Phi) is 6.43. The number of fused-ring (bicyclic) bond motifs is 4. The van der Waals surface area contributed by atoms with Crippen LogP contribution < -0.4 is 0 Å². The normalized spacial score (nSPS) is 11.4. The minimum atomic E-state index is 0.573. The predicted octanol–water partition coefficient (Wildman–Crippen LogP) is 11.3. The Labute approximate surface area is 271 Å². The summed E-state index contributed by atoms with van der Waals surface area (Å²) in [6, 6.07) is 56.4. The van der Waals surface area contributed by atoms with Crippen LogP contribution in [0.1, 0.15) is 0 Å². The van der Waals surface area contributed by atoms with Crippen molar-refractivity contribution in [2.24, 2.45) is 0 Å². The van der Waals surface area contributed by atoms with Gasteiger partial charge in [0.2, 0.25) is 0 Å². The fraction of sp³-hybridized carbons (Fsp3) is 0. The van der Waals surface area contributed by atoms with Gasteiger partial charge in [-0.15, -0.1) is 0 Å². The number of hydrogen-bond acceptors (Lipinski definition) is 4. The Balaban J connectivity index is 1.19. The van der Waals surface area contributed by atoms with Gasteiger partial charge in [0, 0.05) is 21.9 Å². The molecule has 0 spiro atoms. The van der Waals surface area contributed by atoms with Crippen LogP contribution in [0.15, 0.2) is 168 Å². The highest BCUT2D eigenvalue weighted by Crippen LogP contribution is 2.41. The maximum Gasteiger partial charge on any atom is 0.167 e. The van der Waals surface area contributed by atoms with Gasteiger partial charge in [-0.25, -0.2) is 15.0 Å². The van der Waals surface area contributed by atoms with Crippen LogP contribution in [-0.4, -0.2) is 15.0 Å². The zero-order valence-electron chi connectivity index (χ0n) is 25.3. The van der Waals surface area contributed by atoms with E-state index in [0.717, 1.165) is 49.8 Å². The lowest BCUT2D eigenvalue weighted by molar-refractivity contribution is 0.669. The summed E-state index contributed by atoms with van der Waals surface area (Å²) in [6.07, 6.45) is 0. The Morgan fingerprint density at radius 3 is 1.57 bits per heavy atom. The molecule has 0 aliphatic heterocycles. The molecule has 0 unspecified atom stereocenters. The van der Waals surface area contributed by atoms with E-state index in [1.165, 1.54) is 21.9 Å². The van der Waals surface area contributed by atoms with Crippen LogP contribution in [0.2, 0.25) is 0 Å². The van der Waals surface area contributed by atoms with Gasteiger partial charge in [-0.3, -0.25) is 0 Å². The summed E-state index contributed by atoms with van der Waals surface area (Å²) < 4.78 is 6.63. The molecule has 220 valence electrons. The Hall–Kier alpha value is -6.39. The van der Waals surface area contributed by atoms with Crippen LogP contribution in [0.25, 0.3) is 89.1 Å². The van der Waals surface area contributed by atoms with E-state index in [4.69, 9.17) is 19.4 Å². The first-order valence-corrected chi connectivity index (χ1v) is 15.7. The standard InChI is InChI=1S/C43H27N3O/c1-3-13-31(14-4-1)41-44-42(32-15-5-2-6-16-32)46-43(45-41)37-22-10-21-36-39-35(20-11-23-38(39)47-40(36)37)30-26-24-29(25-27-30)34-19-9-17-28-12-7-8-18-33(28)34/h1-27H. The SMILES string of the molecule is c1ccc(-c2nc(-c3ccccc3)nc(-c3cccc4c3oc3cccc(-c5ccc(-c6cccc7ccccc67)cc5)c34)n2)cc1. The lowest BCUT2D eigenvalue weighted by Crippen LogP contribution is -2.00. The molecule has 0 radical (unpaired) electrons. The zero-order chi connectivity index (χ0) is 31.2. The molecular formula is C43H27N3O. The van der Waals surface area contributed by atoms with E-state index in [9.17, 15) is 0 Å². The summed E-state index contributed by atoms with van der Waals surface area (Å²) >= 11 is 0. The highest BCUT2D eigenvalue weighted by Gasteiger charge is 2.19. The topological polar surface area (TPSA) is 51.8 Å². The third-order valence-electron chi connectivity index (χ3n) is 8.76. The van der Waals surface area contributed by atoms with Gasteiger partial charge >= 0.3 is 0 Å². The van der Waals surface area contributed by atoms with Crippen LogP contribution in [0.3, 0.4) is 0 Å². The highest BCUT2D eigenvalue weighted by atomic mass is 16.3. The van der Waals surface area contributed by atoms with Crippen molar-refractivity contribution in [2.75, 3.05) is 0 Å². The number of hydrogen-bond donors (Lipinski definition) is 0. The summed E-state index contributed by atoms with van der Waals surface area (Å²) in [4.78, 5) is 14.8. The quantitative estimate of drug-likeness (QED) is 0.197. The van der Waals surface area contributed by atoms with E-state index in [1.807, 2.05) is 72.8 Å². The van der Waals surface area contributed by atoms with Crippen molar-refractivity contribution in [2.45, 2.75) is 0 Å². The molecule has 9 aromatic rings. The highest BCUT2D eigenvalue weighted by molar-refractivity contribution is 6.15.